The zero-order chi connectivity index (χ0) is 71.5. The molecule has 1 unspecified atom stereocenters. The molecule has 17 nitrogen and oxygen atoms in total. The van der Waals surface area contributed by atoms with E-state index in [1.807, 2.05) is 72.4 Å². The lowest BCUT2D eigenvalue weighted by atomic mass is 9.69. The maximum absolute atomic E-state index is 13.8. The van der Waals surface area contributed by atoms with Gasteiger partial charge in [0.25, 0.3) is 0 Å². The van der Waals surface area contributed by atoms with Gasteiger partial charge in [0, 0.05) is 60.2 Å². The molecule has 0 bridgehead atoms. The third-order valence-corrected chi connectivity index (χ3v) is 20.1. The maximum atomic E-state index is 13.8. The Hall–Kier alpha value is -7.92. The monoisotopic (exact) mass is 1310 g/mol. The quantitative estimate of drug-likeness (QED) is 0.0535. The van der Waals surface area contributed by atoms with Crippen molar-refractivity contribution in [3.8, 4) is 28.7 Å². The van der Waals surface area contributed by atoms with Crippen molar-refractivity contribution < 1.29 is 44.7 Å². The van der Waals surface area contributed by atoms with Crippen LogP contribution in [0.15, 0.2) is 69.0 Å². The number of unbranched alkanes of at least 4 members (excludes halogenated alkanes) is 1. The van der Waals surface area contributed by atoms with Crippen LogP contribution >= 0.6 is 0 Å². The van der Waals surface area contributed by atoms with E-state index >= 15 is 0 Å². The number of amides is 1. The van der Waals surface area contributed by atoms with Crippen LogP contribution in [0.3, 0.4) is 0 Å². The maximum Gasteiger partial charge on any atom is 0.336 e. The lowest BCUT2D eigenvalue weighted by Crippen LogP contribution is -2.63. The number of benzene rings is 5. The summed E-state index contributed by atoms with van der Waals surface area (Å²) in [7, 11) is 2.19. The summed E-state index contributed by atoms with van der Waals surface area (Å²) < 4.78 is 8.83. The van der Waals surface area contributed by atoms with E-state index < -0.39 is 17.1 Å². The average molecular weight is 1310 g/mol. The molecule has 2 aliphatic heterocycles. The summed E-state index contributed by atoms with van der Waals surface area (Å²) in [6.07, 6.45) is 7.68. The first-order valence-corrected chi connectivity index (χ1v) is 33.6. The number of carbonyl (C=O) groups is 3. The van der Waals surface area contributed by atoms with Crippen molar-refractivity contribution in [1.82, 2.24) is 23.5 Å². The molecule has 0 aliphatic carbocycles. The number of piperidine rings is 2. The van der Waals surface area contributed by atoms with Crippen molar-refractivity contribution >= 4 is 17.7 Å². The van der Waals surface area contributed by atoms with Gasteiger partial charge in [0.05, 0.1) is 19.6 Å². The van der Waals surface area contributed by atoms with Crippen molar-refractivity contribution in [1.29, 1.82) is 0 Å². The molecule has 95 heavy (non-hydrogen) atoms. The van der Waals surface area contributed by atoms with Crippen LogP contribution in [0.2, 0.25) is 0 Å². The van der Waals surface area contributed by atoms with Gasteiger partial charge in [-0.05, 0) is 260 Å². The zero-order valence-corrected chi connectivity index (χ0v) is 61.0. The van der Waals surface area contributed by atoms with E-state index in [-0.39, 0.29) is 88.9 Å². The number of nitrogens with zero attached hydrogens (tertiary/aromatic N) is 5. The standard InChI is InChI=1S/C30H33N3O6.C26H43NO2.C22H33NO4/c1-16-7-22(8-17(2)25(16)34)13-31-28(37)32(14-23-9-18(3)26(35)19(4)10-23)30(39)33(29(31)38)15-24-11-20(5)27(36)21(6)12-24;1-10-11-12-20(14-22-17(2)13-18(3)23(28)19(22)4)24(29)21-15-25(5,6)27(9)26(7,8)16-21;1-14-10-17(11-15(2)20(14)26)8-9-19(25)27-18-12-21(4,5)23(16(3)24)22(6,7)13-18/h7-12,34-36H,13-15H2,1-6H3;13,20-21,28H,10-12,14-16H2,1-9H3;10-11,18,26H,8-9,12-13H2,1-7H3. The number of phenolic OH excluding ortho intramolecular Hbond substituents is 5. The number of aryl methyl sites for hydroxylation is 11. The smallest absolute Gasteiger partial charge is 0.336 e. The van der Waals surface area contributed by atoms with Crippen molar-refractivity contribution in [3.05, 3.63) is 175 Å². The van der Waals surface area contributed by atoms with E-state index in [0.29, 0.717) is 93.0 Å². The summed E-state index contributed by atoms with van der Waals surface area (Å²) in [6, 6.07) is 16.1. The number of Topliss-reactive ketones (excluding diaryl/α,β-unsaturated/α-hetero) is 1. The summed E-state index contributed by atoms with van der Waals surface area (Å²) in [5, 5.41) is 50.8. The van der Waals surface area contributed by atoms with Gasteiger partial charge < -0.3 is 35.2 Å². The minimum atomic E-state index is -0.758. The van der Waals surface area contributed by atoms with Crippen LogP contribution in [0.4, 0.5) is 0 Å². The molecule has 2 saturated heterocycles. The van der Waals surface area contributed by atoms with Crippen molar-refractivity contribution in [3.63, 3.8) is 0 Å². The highest BCUT2D eigenvalue weighted by molar-refractivity contribution is 5.84. The van der Waals surface area contributed by atoms with Gasteiger partial charge >= 0.3 is 23.0 Å². The van der Waals surface area contributed by atoms with Crippen molar-refractivity contribution in [2.45, 2.75) is 258 Å². The minimum Gasteiger partial charge on any atom is -0.507 e. The predicted octanol–water partition coefficient (Wildman–Crippen LogP) is 13.5. The number of hydrogen-bond donors (Lipinski definition) is 5. The second kappa shape index (κ2) is 30.0. The van der Waals surface area contributed by atoms with Crippen LogP contribution < -0.4 is 17.1 Å². The number of ketones is 1. The summed E-state index contributed by atoms with van der Waals surface area (Å²) in [5.41, 5.74) is 9.46. The molecule has 6 aromatic rings. The van der Waals surface area contributed by atoms with Gasteiger partial charge in [-0.15, -0.1) is 0 Å². The molecule has 2 fully saturated rings. The molecular weight excluding hydrogens is 1200 g/mol. The molecule has 5 N–H and O–H groups in total. The number of rotatable bonds is 17. The Labute approximate surface area is 563 Å². The van der Waals surface area contributed by atoms with Gasteiger partial charge in [-0.25, -0.2) is 28.1 Å². The Morgan fingerprint density at radius 1 is 0.495 bits per heavy atom. The second-order valence-corrected chi connectivity index (χ2v) is 30.1. The molecule has 1 amide bonds. The third-order valence-electron chi connectivity index (χ3n) is 20.1. The molecule has 0 saturated carbocycles. The van der Waals surface area contributed by atoms with Crippen molar-refractivity contribution in [2.24, 2.45) is 11.8 Å². The fourth-order valence-electron chi connectivity index (χ4n) is 15.3. The van der Waals surface area contributed by atoms with Crippen LogP contribution in [-0.2, 0) is 51.6 Å². The zero-order valence-electron chi connectivity index (χ0n) is 61.0. The number of esters is 1. The van der Waals surface area contributed by atoms with E-state index in [1.165, 1.54) is 5.56 Å². The Balaban J connectivity index is 0.000000231. The first-order valence-electron chi connectivity index (χ1n) is 33.6. The van der Waals surface area contributed by atoms with E-state index in [2.05, 4.69) is 59.6 Å². The van der Waals surface area contributed by atoms with Gasteiger partial charge in [0.2, 0.25) is 5.91 Å². The van der Waals surface area contributed by atoms with Gasteiger partial charge in [0.15, 0.2) is 0 Å². The molecule has 8 rings (SSSR count). The predicted molar refractivity (Wildman–Crippen MR) is 378 cm³/mol. The Morgan fingerprint density at radius 2 is 0.832 bits per heavy atom. The summed E-state index contributed by atoms with van der Waals surface area (Å²) in [4.78, 5) is 83.5. The number of aromatic hydroxyl groups is 5. The van der Waals surface area contributed by atoms with Crippen LogP contribution in [-0.4, -0.2) is 102 Å². The van der Waals surface area contributed by atoms with Gasteiger partial charge in [-0.1, -0.05) is 74.4 Å². The highest BCUT2D eigenvalue weighted by atomic mass is 16.5. The largest absolute Gasteiger partial charge is 0.507 e. The number of likely N-dealkylation sites (tertiary alicyclic amines) is 2. The number of carbonyl (C=O) groups excluding carboxylic acids is 3. The molecule has 5 aromatic carbocycles. The normalized spacial score (nSPS) is 16.3. The molecule has 0 spiro atoms. The highest BCUT2D eigenvalue weighted by Crippen LogP contribution is 2.44. The van der Waals surface area contributed by atoms with Gasteiger partial charge in [0.1, 0.15) is 40.6 Å². The SMILES string of the molecule is CC(=O)N1C(C)(C)CC(OC(=O)CCc2cc(C)c(O)c(C)c2)CC1(C)C.CCCCC(Cc1c(C)cc(C)c(O)c1C)C(=O)C1CC(C)(C)N(C)C(C)(C)C1.Cc1cc(Cn2c(=O)n(Cc3cc(C)c(O)c(C)c3)c(=O)n(Cc3cc(C)c(O)c(C)c3)c2=O)cc(C)c1O. The number of ether oxygens (including phenoxy) is 1. The number of hydrogen-bond acceptors (Lipinski definition) is 13. The molecule has 17 heteroatoms. The third kappa shape index (κ3) is 17.8. The number of phenols is 5. The highest BCUT2D eigenvalue weighted by Gasteiger charge is 2.48. The van der Waals surface area contributed by atoms with E-state index in [4.69, 9.17) is 4.74 Å². The van der Waals surface area contributed by atoms with Crippen LogP contribution in [0, 0.1) is 88.0 Å². The summed E-state index contributed by atoms with van der Waals surface area (Å²) in [5.74, 6) is 1.54. The minimum absolute atomic E-state index is 0.0192. The molecule has 518 valence electrons. The summed E-state index contributed by atoms with van der Waals surface area (Å²) >= 11 is 0. The molecule has 1 aromatic heterocycles. The Bertz CT molecular complexity index is 3680. The van der Waals surface area contributed by atoms with Crippen LogP contribution in [0.5, 0.6) is 28.7 Å². The van der Waals surface area contributed by atoms with E-state index in [0.717, 1.165) is 85.6 Å². The molecule has 2 aliphatic rings. The second-order valence-electron chi connectivity index (χ2n) is 30.1. The lowest BCUT2D eigenvalue weighted by molar-refractivity contribution is -0.166. The van der Waals surface area contributed by atoms with Gasteiger partial charge in [-0.2, -0.15) is 0 Å². The molecule has 0 radical (unpaired) electrons. The molecular formula is C78H109N5O12. The average Bonchev–Trinajstić information content (AvgIpc) is 0.805. The lowest BCUT2D eigenvalue weighted by Gasteiger charge is -2.54. The van der Waals surface area contributed by atoms with E-state index in [9.17, 15) is 54.3 Å². The molecule has 1 atom stereocenters. The fourth-order valence-corrected chi connectivity index (χ4v) is 15.3. The topological polar surface area (TPSA) is 234 Å². The fraction of sp³-hybridized carbons (Fsp3) is 0.538. The van der Waals surface area contributed by atoms with Gasteiger partial charge in [-0.3, -0.25) is 19.3 Å². The Morgan fingerprint density at radius 3 is 1.17 bits per heavy atom. The first kappa shape index (κ1) is 76.1. The number of aromatic nitrogens is 3. The van der Waals surface area contributed by atoms with Crippen LogP contribution in [0.25, 0.3) is 0 Å². The van der Waals surface area contributed by atoms with Crippen molar-refractivity contribution in [2.75, 3.05) is 7.05 Å². The Kier molecular flexibility index (Phi) is 24.0. The van der Waals surface area contributed by atoms with E-state index in [1.54, 1.807) is 84.9 Å². The summed E-state index contributed by atoms with van der Waals surface area (Å²) in [6.45, 7) is 40.8. The first-order chi connectivity index (χ1) is 43.9. The molecule has 3 heterocycles. The van der Waals surface area contributed by atoms with Crippen LogP contribution in [0.1, 0.15) is 210 Å².